The zero-order valence-corrected chi connectivity index (χ0v) is 11.1. The van der Waals surface area contributed by atoms with Gasteiger partial charge in [-0.25, -0.2) is 0 Å². The van der Waals surface area contributed by atoms with Gasteiger partial charge in [0.05, 0.1) is 5.56 Å². The molecule has 0 amide bonds. The highest BCUT2D eigenvalue weighted by molar-refractivity contribution is 6.18. The highest BCUT2D eigenvalue weighted by Crippen LogP contribution is 2.31. The van der Waals surface area contributed by atoms with Gasteiger partial charge in [0.1, 0.15) is 0 Å². The zero-order valence-electron chi connectivity index (χ0n) is 10.4. The van der Waals surface area contributed by atoms with Crippen LogP contribution in [0.25, 0.3) is 0 Å². The Balaban J connectivity index is 2.79. The first kappa shape index (κ1) is 15.3. The average Bonchev–Trinajstić information content (AvgIpc) is 2.28. The van der Waals surface area contributed by atoms with E-state index in [0.717, 1.165) is 6.07 Å². The number of alkyl halides is 4. The van der Waals surface area contributed by atoms with Crippen molar-refractivity contribution in [3.05, 3.63) is 35.4 Å². The maximum atomic E-state index is 12.8. The van der Waals surface area contributed by atoms with Crippen LogP contribution < -0.4 is 5.32 Å². The molecule has 0 bridgehead atoms. The molecule has 0 aliphatic heterocycles. The van der Waals surface area contributed by atoms with Crippen LogP contribution in [0, 0.1) is 5.92 Å². The smallest absolute Gasteiger partial charge is 0.308 e. The molecule has 1 unspecified atom stereocenters. The van der Waals surface area contributed by atoms with E-state index in [0.29, 0.717) is 5.88 Å². The minimum absolute atomic E-state index is 0.00737. The molecule has 0 radical (unpaired) electrons. The molecule has 5 heteroatoms. The fraction of sp³-hybridized carbons (Fsp3) is 0.538. The summed E-state index contributed by atoms with van der Waals surface area (Å²) in [6, 6.07) is 5.60. The Kier molecular flexibility index (Phi) is 5.47. The average molecular weight is 280 g/mol. The van der Waals surface area contributed by atoms with Gasteiger partial charge in [-0.2, -0.15) is 13.2 Å². The summed E-state index contributed by atoms with van der Waals surface area (Å²) < 4.78 is 38.3. The maximum Gasteiger partial charge on any atom is 0.416 e. The number of hydrogen-bond acceptors (Lipinski definition) is 1. The van der Waals surface area contributed by atoms with E-state index in [1.165, 1.54) is 12.1 Å². The highest BCUT2D eigenvalue weighted by Gasteiger charge is 2.32. The summed E-state index contributed by atoms with van der Waals surface area (Å²) in [4.78, 5) is 0. The molecule has 0 aliphatic carbocycles. The van der Waals surface area contributed by atoms with Gasteiger partial charge in [-0.1, -0.05) is 32.0 Å². The quantitative estimate of drug-likeness (QED) is 0.802. The summed E-state index contributed by atoms with van der Waals surface area (Å²) in [5.41, 5.74) is -0.338. The van der Waals surface area contributed by atoms with Crippen LogP contribution in [0.2, 0.25) is 0 Å². The van der Waals surface area contributed by atoms with Crippen LogP contribution in [0.5, 0.6) is 0 Å². The largest absolute Gasteiger partial charge is 0.416 e. The molecule has 0 saturated carbocycles. The van der Waals surface area contributed by atoms with Crippen molar-refractivity contribution >= 4 is 11.6 Å². The van der Waals surface area contributed by atoms with Gasteiger partial charge in [0, 0.05) is 18.5 Å². The van der Waals surface area contributed by atoms with Crippen molar-refractivity contribution < 1.29 is 13.2 Å². The van der Waals surface area contributed by atoms with E-state index in [1.54, 1.807) is 6.07 Å². The van der Waals surface area contributed by atoms with Crippen LogP contribution in [0.1, 0.15) is 25.0 Å². The van der Waals surface area contributed by atoms with Crippen molar-refractivity contribution in [1.82, 2.24) is 5.32 Å². The van der Waals surface area contributed by atoms with Crippen LogP contribution in [0.4, 0.5) is 13.2 Å². The normalized spacial score (nSPS) is 13.9. The molecule has 1 nitrogen and oxygen atoms in total. The lowest BCUT2D eigenvalue weighted by atomic mass is 10.0. The first-order chi connectivity index (χ1) is 8.36. The van der Waals surface area contributed by atoms with Crippen molar-refractivity contribution in [3.8, 4) is 0 Å². The van der Waals surface area contributed by atoms with Crippen molar-refractivity contribution in [2.75, 3.05) is 5.88 Å². The monoisotopic (exact) mass is 279 g/mol. The van der Waals surface area contributed by atoms with Crippen molar-refractivity contribution in [1.29, 1.82) is 0 Å². The topological polar surface area (TPSA) is 12.0 Å². The van der Waals surface area contributed by atoms with Crippen molar-refractivity contribution in [2.24, 2.45) is 5.92 Å². The predicted molar refractivity (Wildman–Crippen MR) is 67.6 cm³/mol. The van der Waals surface area contributed by atoms with E-state index >= 15 is 0 Å². The second kappa shape index (κ2) is 6.43. The van der Waals surface area contributed by atoms with Gasteiger partial charge in [0.25, 0.3) is 0 Å². The summed E-state index contributed by atoms with van der Waals surface area (Å²) in [7, 11) is 0. The minimum Gasteiger partial charge on any atom is -0.308 e. The Hall–Kier alpha value is -0.740. The van der Waals surface area contributed by atoms with E-state index in [2.05, 4.69) is 5.32 Å². The summed E-state index contributed by atoms with van der Waals surface area (Å²) in [5.74, 6) is 0.659. The third-order valence-corrected chi connectivity index (χ3v) is 3.18. The number of rotatable bonds is 5. The molecule has 18 heavy (non-hydrogen) atoms. The van der Waals surface area contributed by atoms with E-state index < -0.39 is 11.7 Å². The van der Waals surface area contributed by atoms with Gasteiger partial charge in [-0.15, -0.1) is 11.6 Å². The summed E-state index contributed by atoms with van der Waals surface area (Å²) in [5, 5.41) is 3.07. The standard InChI is InChI=1S/C13H17ClF3N/c1-9(2)12(7-14)18-8-10-5-3-4-6-11(10)13(15,16)17/h3-6,9,12,18H,7-8H2,1-2H3. The Labute approximate surface area is 110 Å². The van der Waals surface area contributed by atoms with Gasteiger partial charge >= 0.3 is 6.18 Å². The second-order valence-electron chi connectivity index (χ2n) is 4.54. The molecular weight excluding hydrogens is 263 g/mol. The molecule has 1 atom stereocenters. The van der Waals surface area contributed by atoms with Crippen molar-refractivity contribution in [3.63, 3.8) is 0 Å². The molecule has 0 heterocycles. The van der Waals surface area contributed by atoms with Crippen LogP contribution >= 0.6 is 11.6 Å². The molecule has 0 aliphatic rings. The molecule has 1 N–H and O–H groups in total. The Morgan fingerprint density at radius 3 is 2.33 bits per heavy atom. The third kappa shape index (κ3) is 4.18. The lowest BCUT2D eigenvalue weighted by Crippen LogP contribution is -2.35. The Bertz CT molecular complexity index is 377. The van der Waals surface area contributed by atoms with Gasteiger partial charge in [-0.3, -0.25) is 0 Å². The summed E-state index contributed by atoms with van der Waals surface area (Å²) in [6.07, 6.45) is -4.31. The number of nitrogens with one attached hydrogen (secondary N) is 1. The van der Waals surface area contributed by atoms with E-state index in [1.807, 2.05) is 13.8 Å². The van der Waals surface area contributed by atoms with Crippen LogP contribution in [-0.2, 0) is 12.7 Å². The minimum atomic E-state index is -4.31. The SMILES string of the molecule is CC(C)C(CCl)NCc1ccccc1C(F)(F)F. The van der Waals surface area contributed by atoms with Crippen LogP contribution in [0.3, 0.4) is 0 Å². The second-order valence-corrected chi connectivity index (χ2v) is 4.85. The lowest BCUT2D eigenvalue weighted by Gasteiger charge is -2.21. The maximum absolute atomic E-state index is 12.8. The molecule has 1 aromatic carbocycles. The summed E-state index contributed by atoms with van der Waals surface area (Å²) >= 11 is 5.77. The van der Waals surface area contributed by atoms with Crippen LogP contribution in [0.15, 0.2) is 24.3 Å². The molecule has 0 aromatic heterocycles. The number of halogens is 4. The highest BCUT2D eigenvalue weighted by atomic mass is 35.5. The summed E-state index contributed by atoms with van der Waals surface area (Å²) in [6.45, 7) is 4.14. The molecule has 102 valence electrons. The van der Waals surface area contributed by atoms with E-state index in [9.17, 15) is 13.2 Å². The molecule has 0 spiro atoms. The fourth-order valence-electron chi connectivity index (χ4n) is 1.66. The molecule has 1 aromatic rings. The zero-order chi connectivity index (χ0) is 13.8. The molecule has 1 rings (SSSR count). The molecular formula is C13H17ClF3N. The van der Waals surface area contributed by atoms with Gasteiger partial charge in [0.2, 0.25) is 0 Å². The molecule has 0 fully saturated rings. The lowest BCUT2D eigenvalue weighted by molar-refractivity contribution is -0.138. The fourth-order valence-corrected chi connectivity index (χ4v) is 2.13. The number of hydrogen-bond donors (Lipinski definition) is 1. The Morgan fingerprint density at radius 2 is 1.83 bits per heavy atom. The number of benzene rings is 1. The molecule has 0 saturated heterocycles. The first-order valence-corrected chi connectivity index (χ1v) is 6.34. The Morgan fingerprint density at radius 1 is 1.22 bits per heavy atom. The predicted octanol–water partition coefficient (Wildman–Crippen LogP) is 4.06. The third-order valence-electron chi connectivity index (χ3n) is 2.85. The first-order valence-electron chi connectivity index (χ1n) is 5.80. The van der Waals surface area contributed by atoms with Gasteiger partial charge < -0.3 is 5.32 Å². The van der Waals surface area contributed by atoms with E-state index in [-0.39, 0.29) is 24.1 Å². The van der Waals surface area contributed by atoms with E-state index in [4.69, 9.17) is 11.6 Å². The van der Waals surface area contributed by atoms with Gasteiger partial charge in [-0.05, 0) is 17.5 Å². The van der Waals surface area contributed by atoms with Crippen LogP contribution in [-0.4, -0.2) is 11.9 Å². The van der Waals surface area contributed by atoms with Gasteiger partial charge in [0.15, 0.2) is 0 Å². The van der Waals surface area contributed by atoms with Crippen molar-refractivity contribution in [2.45, 2.75) is 32.6 Å².